The highest BCUT2D eigenvalue weighted by atomic mass is 16.6. The summed E-state index contributed by atoms with van der Waals surface area (Å²) < 4.78 is 11.7. The van der Waals surface area contributed by atoms with E-state index in [0.717, 1.165) is 82.0 Å². The molecule has 3 aliphatic rings. The molecule has 1 amide bonds. The lowest BCUT2D eigenvalue weighted by atomic mass is 9.63. The number of nitrogens with one attached hydrogen (secondary N) is 1. The number of para-hydroxylation sites is 1. The van der Waals surface area contributed by atoms with E-state index in [1.54, 1.807) is 0 Å². The van der Waals surface area contributed by atoms with Gasteiger partial charge in [-0.15, -0.1) is 0 Å². The topological polar surface area (TPSA) is 66.9 Å². The third kappa shape index (κ3) is 5.80. The Kier molecular flexibility index (Phi) is 8.20. The minimum atomic E-state index is -0.486. The highest BCUT2D eigenvalue weighted by molar-refractivity contribution is 5.69. The number of carbonyl (C=O) groups excluding carboxylic acids is 1. The molecule has 0 saturated carbocycles. The Morgan fingerprint density at radius 1 is 1.18 bits per heavy atom. The van der Waals surface area contributed by atoms with Crippen molar-refractivity contribution < 1.29 is 14.3 Å². The summed E-state index contributed by atoms with van der Waals surface area (Å²) in [6.45, 7) is 16.3. The van der Waals surface area contributed by atoms with Crippen LogP contribution in [-0.2, 0) is 16.7 Å². The molecule has 1 aromatic carbocycles. The van der Waals surface area contributed by atoms with Crippen LogP contribution < -0.4 is 10.1 Å². The standard InChI is InChI=1S/C32H46N4O3/c1-6-23-19-33-17-16-32(23)22-35(20-24-11-10-18-36(24)30(37)39-31(3,4)5)21-28-26(32)14-15-27(34-28)25-12-8-9-13-29(25)38-7-2/h8-9,12-15,23-24,33H,6-7,10-11,16-22H2,1-5H3/t23-,24+,32+/m0/s1. The summed E-state index contributed by atoms with van der Waals surface area (Å²) >= 11 is 0. The van der Waals surface area contributed by atoms with Crippen LogP contribution in [0.2, 0.25) is 0 Å². The predicted molar refractivity (Wildman–Crippen MR) is 155 cm³/mol. The quantitative estimate of drug-likeness (QED) is 0.519. The van der Waals surface area contributed by atoms with E-state index in [4.69, 9.17) is 14.5 Å². The lowest BCUT2D eigenvalue weighted by Crippen LogP contribution is -2.58. The Morgan fingerprint density at radius 2 is 2.00 bits per heavy atom. The van der Waals surface area contributed by atoms with E-state index in [9.17, 15) is 4.79 Å². The van der Waals surface area contributed by atoms with Gasteiger partial charge in [0.2, 0.25) is 0 Å². The second kappa shape index (κ2) is 11.5. The fraction of sp³-hybridized carbons (Fsp3) is 0.625. The van der Waals surface area contributed by atoms with Crippen LogP contribution in [0.3, 0.4) is 0 Å². The van der Waals surface area contributed by atoms with Crippen LogP contribution in [0.1, 0.15) is 71.6 Å². The van der Waals surface area contributed by atoms with Crippen LogP contribution in [0.5, 0.6) is 5.75 Å². The maximum absolute atomic E-state index is 13.0. The summed E-state index contributed by atoms with van der Waals surface area (Å²) in [7, 11) is 0. The first-order valence-corrected chi connectivity index (χ1v) is 14.9. The van der Waals surface area contributed by atoms with Gasteiger partial charge in [0.15, 0.2) is 0 Å². The third-order valence-corrected chi connectivity index (χ3v) is 8.74. The summed E-state index contributed by atoms with van der Waals surface area (Å²) in [6.07, 6.45) is 4.09. The molecule has 1 N–H and O–H groups in total. The first kappa shape index (κ1) is 27.9. The second-order valence-corrected chi connectivity index (χ2v) is 12.5. The summed E-state index contributed by atoms with van der Waals surface area (Å²) in [6, 6.07) is 12.9. The average molecular weight is 535 g/mol. The van der Waals surface area contributed by atoms with Crippen molar-refractivity contribution in [2.75, 3.05) is 39.3 Å². The normalized spacial score (nSPS) is 25.5. The fourth-order valence-corrected chi connectivity index (χ4v) is 7.04. The lowest BCUT2D eigenvalue weighted by Gasteiger charge is -2.51. The number of hydrogen-bond donors (Lipinski definition) is 1. The number of rotatable bonds is 6. The monoisotopic (exact) mass is 534 g/mol. The Labute approximate surface area is 234 Å². The van der Waals surface area contributed by atoms with E-state index in [2.05, 4.69) is 41.4 Å². The Hall–Kier alpha value is -2.64. The van der Waals surface area contributed by atoms with Gasteiger partial charge < -0.3 is 19.7 Å². The Bertz CT molecular complexity index is 1160. The molecular weight excluding hydrogens is 488 g/mol. The number of carbonyl (C=O) groups is 1. The van der Waals surface area contributed by atoms with Crippen LogP contribution in [0.4, 0.5) is 4.79 Å². The summed E-state index contributed by atoms with van der Waals surface area (Å²) in [5, 5.41) is 3.65. The predicted octanol–water partition coefficient (Wildman–Crippen LogP) is 5.62. The van der Waals surface area contributed by atoms with Crippen molar-refractivity contribution in [1.29, 1.82) is 0 Å². The number of ether oxygens (including phenoxy) is 2. The molecule has 1 aromatic heterocycles. The highest BCUT2D eigenvalue weighted by Crippen LogP contribution is 2.45. The Morgan fingerprint density at radius 3 is 2.77 bits per heavy atom. The number of amides is 1. The number of benzene rings is 1. The molecule has 0 bridgehead atoms. The van der Waals surface area contributed by atoms with Gasteiger partial charge in [0.05, 0.1) is 18.0 Å². The zero-order valence-electron chi connectivity index (χ0n) is 24.5. The van der Waals surface area contributed by atoms with Crippen LogP contribution in [0, 0.1) is 5.92 Å². The van der Waals surface area contributed by atoms with Gasteiger partial charge in [-0.2, -0.15) is 0 Å². The molecule has 2 fully saturated rings. The fourth-order valence-electron chi connectivity index (χ4n) is 7.04. The van der Waals surface area contributed by atoms with E-state index < -0.39 is 5.60 Å². The maximum Gasteiger partial charge on any atom is 0.410 e. The second-order valence-electron chi connectivity index (χ2n) is 12.5. The summed E-state index contributed by atoms with van der Waals surface area (Å²) in [5.74, 6) is 1.42. The van der Waals surface area contributed by atoms with Crippen molar-refractivity contribution in [3.05, 3.63) is 47.7 Å². The molecular formula is C32H46N4O3. The molecule has 5 rings (SSSR count). The molecule has 212 valence electrons. The first-order chi connectivity index (χ1) is 18.7. The molecule has 2 saturated heterocycles. The molecule has 39 heavy (non-hydrogen) atoms. The van der Waals surface area contributed by atoms with Gasteiger partial charge in [0.1, 0.15) is 11.4 Å². The molecule has 7 heteroatoms. The molecule has 7 nitrogen and oxygen atoms in total. The van der Waals surface area contributed by atoms with E-state index in [0.29, 0.717) is 12.5 Å². The minimum absolute atomic E-state index is 0.0634. The molecule has 0 unspecified atom stereocenters. The largest absolute Gasteiger partial charge is 0.493 e. The molecule has 1 spiro atoms. The zero-order valence-corrected chi connectivity index (χ0v) is 24.5. The first-order valence-electron chi connectivity index (χ1n) is 14.9. The maximum atomic E-state index is 13.0. The molecule has 0 radical (unpaired) electrons. The number of hydrogen-bond acceptors (Lipinski definition) is 6. The average Bonchev–Trinajstić information content (AvgIpc) is 3.36. The van der Waals surface area contributed by atoms with E-state index in [1.165, 1.54) is 11.3 Å². The highest BCUT2D eigenvalue weighted by Gasteiger charge is 2.47. The van der Waals surface area contributed by atoms with E-state index in [-0.39, 0.29) is 17.6 Å². The zero-order chi connectivity index (χ0) is 27.6. The van der Waals surface area contributed by atoms with Gasteiger partial charge in [-0.1, -0.05) is 31.5 Å². The number of nitrogens with zero attached hydrogens (tertiary/aromatic N) is 3. The van der Waals surface area contributed by atoms with Gasteiger partial charge in [0.25, 0.3) is 0 Å². The number of fused-ring (bicyclic) bond motifs is 2. The summed E-state index contributed by atoms with van der Waals surface area (Å²) in [4.78, 5) is 22.9. The molecule has 3 aliphatic heterocycles. The molecule has 4 heterocycles. The van der Waals surface area contributed by atoms with E-state index >= 15 is 0 Å². The van der Waals surface area contributed by atoms with Crippen molar-refractivity contribution in [2.24, 2.45) is 5.92 Å². The van der Waals surface area contributed by atoms with Gasteiger partial charge in [-0.3, -0.25) is 9.88 Å². The van der Waals surface area contributed by atoms with Crippen molar-refractivity contribution in [1.82, 2.24) is 20.1 Å². The van der Waals surface area contributed by atoms with Crippen LogP contribution in [0.15, 0.2) is 36.4 Å². The van der Waals surface area contributed by atoms with Crippen molar-refractivity contribution in [3.8, 4) is 17.0 Å². The van der Waals surface area contributed by atoms with Gasteiger partial charge in [0, 0.05) is 43.2 Å². The molecule has 3 atom stereocenters. The van der Waals surface area contributed by atoms with Gasteiger partial charge >= 0.3 is 6.09 Å². The van der Waals surface area contributed by atoms with Crippen LogP contribution in [-0.4, -0.2) is 71.9 Å². The smallest absolute Gasteiger partial charge is 0.410 e. The number of aromatic nitrogens is 1. The third-order valence-electron chi connectivity index (χ3n) is 8.74. The minimum Gasteiger partial charge on any atom is -0.493 e. The van der Waals surface area contributed by atoms with Crippen LogP contribution >= 0.6 is 0 Å². The van der Waals surface area contributed by atoms with Crippen LogP contribution in [0.25, 0.3) is 11.3 Å². The SMILES string of the molecule is CCOc1ccccc1-c1ccc2c(n1)CN(C[C@H]1CCCN1C(=O)OC(C)(C)C)C[C@@]21CCNC[C@@H]1CC. The number of likely N-dealkylation sites (tertiary alicyclic amines) is 1. The number of pyridine rings is 1. The summed E-state index contributed by atoms with van der Waals surface area (Å²) in [5.41, 5.74) is 4.17. The van der Waals surface area contributed by atoms with Crippen molar-refractivity contribution in [2.45, 2.75) is 83.9 Å². The number of piperidine rings is 1. The van der Waals surface area contributed by atoms with E-state index in [1.807, 2.05) is 44.7 Å². The van der Waals surface area contributed by atoms with Gasteiger partial charge in [-0.25, -0.2) is 4.79 Å². The molecule has 0 aliphatic carbocycles. The van der Waals surface area contributed by atoms with Crippen molar-refractivity contribution in [3.63, 3.8) is 0 Å². The van der Waals surface area contributed by atoms with Crippen molar-refractivity contribution >= 4 is 6.09 Å². The lowest BCUT2D eigenvalue weighted by molar-refractivity contribution is 0.0160. The Balaban J connectivity index is 1.48. The van der Waals surface area contributed by atoms with Gasteiger partial charge in [-0.05, 0) is 89.7 Å². The molecule has 2 aromatic rings.